The first-order chi connectivity index (χ1) is 17.8. The Labute approximate surface area is 204 Å². The lowest BCUT2D eigenvalue weighted by Gasteiger charge is -2.09. The predicted molar refractivity (Wildman–Crippen MR) is 145 cm³/mol. The van der Waals surface area contributed by atoms with Crippen LogP contribution < -0.4 is 0 Å². The van der Waals surface area contributed by atoms with Crippen molar-refractivity contribution in [1.82, 2.24) is 29.9 Å². The highest BCUT2D eigenvalue weighted by molar-refractivity contribution is 6.18. The van der Waals surface area contributed by atoms with E-state index in [1.54, 1.807) is 0 Å². The fourth-order valence-electron chi connectivity index (χ4n) is 4.99. The molecule has 0 spiro atoms. The number of aromatic amines is 2. The number of rotatable bonds is 2. The third-order valence-corrected chi connectivity index (χ3v) is 6.76. The molecule has 4 heterocycles. The number of aromatic nitrogens is 6. The summed E-state index contributed by atoms with van der Waals surface area (Å²) in [6, 6.07) is 32.8. The molecule has 0 aliphatic rings. The van der Waals surface area contributed by atoms with Crippen LogP contribution in [-0.4, -0.2) is 29.9 Å². The zero-order valence-electron chi connectivity index (χ0n) is 19.0. The molecule has 0 aliphatic heterocycles. The summed E-state index contributed by atoms with van der Waals surface area (Å²) in [7, 11) is 0. The van der Waals surface area contributed by atoms with Gasteiger partial charge in [-0.25, -0.2) is 19.9 Å². The van der Waals surface area contributed by atoms with Crippen molar-refractivity contribution in [3.05, 3.63) is 97.1 Å². The zero-order chi connectivity index (χ0) is 23.6. The Morgan fingerprint density at radius 1 is 0.417 bits per heavy atom. The molecule has 4 aromatic carbocycles. The molecule has 0 bridgehead atoms. The molecular weight excluding hydrogens is 444 g/mol. The standard InChI is InChI=1S/C30H18N6/c1-2-6-21-20(5-1)33-29(34-21)24-15-13-18-11-9-17-10-12-19-14-16-25(32-28(19)26(17)27(18)31-24)30-35-22-7-3-4-8-23(22)36-30/h1-16H,(H,33,34)(H,35,36). The average molecular weight is 463 g/mol. The Hall–Kier alpha value is -5.10. The van der Waals surface area contributed by atoms with Gasteiger partial charge < -0.3 is 9.97 Å². The molecule has 168 valence electrons. The van der Waals surface area contributed by atoms with E-state index >= 15 is 0 Å². The molecule has 6 nitrogen and oxygen atoms in total. The minimum absolute atomic E-state index is 0.756. The highest BCUT2D eigenvalue weighted by Gasteiger charge is 2.14. The van der Waals surface area contributed by atoms with E-state index in [0.29, 0.717) is 0 Å². The number of fused-ring (bicyclic) bond motifs is 7. The minimum atomic E-state index is 0.756. The Morgan fingerprint density at radius 3 is 1.36 bits per heavy atom. The van der Waals surface area contributed by atoms with Crippen molar-refractivity contribution >= 4 is 54.6 Å². The summed E-state index contributed by atoms with van der Waals surface area (Å²) in [5.74, 6) is 1.51. The van der Waals surface area contributed by atoms with Gasteiger partial charge in [-0.3, -0.25) is 0 Å². The van der Waals surface area contributed by atoms with Crippen LogP contribution in [0, 0.1) is 0 Å². The highest BCUT2D eigenvalue weighted by Crippen LogP contribution is 2.33. The normalized spacial score (nSPS) is 11.9. The molecule has 6 heteroatoms. The molecule has 0 atom stereocenters. The van der Waals surface area contributed by atoms with E-state index in [4.69, 9.17) is 19.9 Å². The molecule has 4 aromatic heterocycles. The summed E-state index contributed by atoms with van der Waals surface area (Å²) < 4.78 is 0. The molecule has 0 radical (unpaired) electrons. The van der Waals surface area contributed by atoms with E-state index in [-0.39, 0.29) is 0 Å². The van der Waals surface area contributed by atoms with E-state index in [2.05, 4.69) is 46.4 Å². The van der Waals surface area contributed by atoms with Gasteiger partial charge in [-0.2, -0.15) is 0 Å². The number of pyridine rings is 2. The monoisotopic (exact) mass is 462 g/mol. The summed E-state index contributed by atoms with van der Waals surface area (Å²) >= 11 is 0. The fraction of sp³-hybridized carbons (Fsp3) is 0. The Kier molecular flexibility index (Phi) is 3.85. The maximum Gasteiger partial charge on any atom is 0.157 e. The largest absolute Gasteiger partial charge is 0.337 e. The van der Waals surface area contributed by atoms with E-state index in [1.165, 1.54) is 0 Å². The van der Waals surface area contributed by atoms with Gasteiger partial charge in [0.25, 0.3) is 0 Å². The van der Waals surface area contributed by atoms with Crippen LogP contribution in [0.5, 0.6) is 0 Å². The van der Waals surface area contributed by atoms with Gasteiger partial charge in [0.15, 0.2) is 11.6 Å². The second-order valence-electron chi connectivity index (χ2n) is 8.97. The van der Waals surface area contributed by atoms with Crippen molar-refractivity contribution in [2.45, 2.75) is 0 Å². The Balaban J connectivity index is 1.39. The number of benzene rings is 4. The van der Waals surface area contributed by atoms with Crippen LogP contribution in [0.2, 0.25) is 0 Å². The second kappa shape index (κ2) is 7.20. The summed E-state index contributed by atoms with van der Waals surface area (Å²) in [6.07, 6.45) is 0. The van der Waals surface area contributed by atoms with E-state index in [9.17, 15) is 0 Å². The van der Waals surface area contributed by atoms with Crippen LogP contribution in [0.4, 0.5) is 0 Å². The number of nitrogens with one attached hydrogen (secondary N) is 2. The number of nitrogens with zero attached hydrogens (tertiary/aromatic N) is 4. The smallest absolute Gasteiger partial charge is 0.157 e. The molecule has 0 saturated carbocycles. The summed E-state index contributed by atoms with van der Waals surface area (Å²) in [5, 5.41) is 4.25. The molecular formula is C30H18N6. The first-order valence-electron chi connectivity index (χ1n) is 11.8. The predicted octanol–water partition coefficient (Wildman–Crippen LogP) is 7.02. The molecule has 0 amide bonds. The van der Waals surface area contributed by atoms with Gasteiger partial charge in [0, 0.05) is 16.2 Å². The van der Waals surface area contributed by atoms with Crippen LogP contribution in [0.15, 0.2) is 97.1 Å². The summed E-state index contributed by atoms with van der Waals surface area (Å²) in [5.41, 5.74) is 7.26. The number of H-pyrrole nitrogens is 2. The topological polar surface area (TPSA) is 83.1 Å². The third kappa shape index (κ3) is 2.85. The van der Waals surface area contributed by atoms with Gasteiger partial charge in [-0.15, -0.1) is 0 Å². The van der Waals surface area contributed by atoms with Gasteiger partial charge in [0.05, 0.1) is 33.1 Å². The highest BCUT2D eigenvalue weighted by atomic mass is 15.0. The van der Waals surface area contributed by atoms with E-state index in [1.807, 2.05) is 60.7 Å². The maximum absolute atomic E-state index is 5.10. The lowest BCUT2D eigenvalue weighted by atomic mass is 10.0. The minimum Gasteiger partial charge on any atom is -0.337 e. The zero-order valence-corrected chi connectivity index (χ0v) is 19.0. The second-order valence-corrected chi connectivity index (χ2v) is 8.97. The van der Waals surface area contributed by atoms with Crippen molar-refractivity contribution < 1.29 is 0 Å². The van der Waals surface area contributed by atoms with Crippen LogP contribution >= 0.6 is 0 Å². The van der Waals surface area contributed by atoms with Crippen LogP contribution in [-0.2, 0) is 0 Å². The number of para-hydroxylation sites is 4. The van der Waals surface area contributed by atoms with Crippen LogP contribution in [0.3, 0.4) is 0 Å². The van der Waals surface area contributed by atoms with Crippen molar-refractivity contribution in [2.24, 2.45) is 0 Å². The van der Waals surface area contributed by atoms with Crippen molar-refractivity contribution in [1.29, 1.82) is 0 Å². The van der Waals surface area contributed by atoms with E-state index in [0.717, 1.165) is 77.7 Å². The number of hydrogen-bond acceptors (Lipinski definition) is 4. The number of hydrogen-bond donors (Lipinski definition) is 2. The van der Waals surface area contributed by atoms with Gasteiger partial charge in [0.2, 0.25) is 0 Å². The first-order valence-corrected chi connectivity index (χ1v) is 11.8. The van der Waals surface area contributed by atoms with Crippen molar-refractivity contribution in [3.8, 4) is 23.0 Å². The fourth-order valence-corrected chi connectivity index (χ4v) is 4.99. The number of imidazole rings is 2. The Bertz CT molecular complexity index is 1900. The van der Waals surface area contributed by atoms with Gasteiger partial charge in [0.1, 0.15) is 11.4 Å². The molecule has 0 saturated heterocycles. The van der Waals surface area contributed by atoms with Gasteiger partial charge >= 0.3 is 0 Å². The maximum atomic E-state index is 5.10. The summed E-state index contributed by atoms with van der Waals surface area (Å²) in [4.78, 5) is 26.5. The first kappa shape index (κ1) is 19.2. The quantitative estimate of drug-likeness (QED) is 0.270. The lowest BCUT2D eigenvalue weighted by Crippen LogP contribution is -1.92. The Morgan fingerprint density at radius 2 is 0.861 bits per heavy atom. The molecule has 0 unspecified atom stereocenters. The molecule has 8 rings (SSSR count). The van der Waals surface area contributed by atoms with Crippen molar-refractivity contribution in [2.75, 3.05) is 0 Å². The molecule has 36 heavy (non-hydrogen) atoms. The molecule has 2 N–H and O–H groups in total. The molecule has 8 aromatic rings. The van der Waals surface area contributed by atoms with Crippen molar-refractivity contribution in [3.63, 3.8) is 0 Å². The average Bonchev–Trinajstić information content (AvgIpc) is 3.56. The van der Waals surface area contributed by atoms with Gasteiger partial charge in [-0.1, -0.05) is 60.7 Å². The SMILES string of the molecule is c1ccc2[nH]c(-c3ccc4ccc5ccc6ccc(-c7nc8ccccc8[nH]7)nc6c5c4n3)nc2c1. The summed E-state index contributed by atoms with van der Waals surface area (Å²) in [6.45, 7) is 0. The van der Waals surface area contributed by atoms with Crippen LogP contribution in [0.25, 0.3) is 77.7 Å². The molecule has 0 fully saturated rings. The third-order valence-electron chi connectivity index (χ3n) is 6.76. The van der Waals surface area contributed by atoms with E-state index < -0.39 is 0 Å². The van der Waals surface area contributed by atoms with Gasteiger partial charge in [-0.05, 0) is 41.8 Å². The van der Waals surface area contributed by atoms with Crippen LogP contribution in [0.1, 0.15) is 0 Å². The molecule has 0 aliphatic carbocycles. The lowest BCUT2D eigenvalue weighted by molar-refractivity contribution is 1.27.